The average Bonchev–Trinajstić information content (AvgIpc) is 3.10. The predicted molar refractivity (Wildman–Crippen MR) is 113 cm³/mol. The van der Waals surface area contributed by atoms with Gasteiger partial charge in [-0.2, -0.15) is 0 Å². The zero-order valence-electron chi connectivity index (χ0n) is 16.0. The number of hydrogen-bond acceptors (Lipinski definition) is 4. The molecule has 0 atom stereocenters. The molecule has 1 amide bonds. The monoisotopic (exact) mass is 395 g/mol. The molecule has 0 radical (unpaired) electrons. The van der Waals surface area contributed by atoms with Crippen LogP contribution in [-0.4, -0.2) is 44.3 Å². The fourth-order valence-corrected chi connectivity index (χ4v) is 4.88. The van der Waals surface area contributed by atoms with Crippen molar-refractivity contribution in [3.05, 3.63) is 54.1 Å². The summed E-state index contributed by atoms with van der Waals surface area (Å²) in [7, 11) is 0. The van der Waals surface area contributed by atoms with Gasteiger partial charge in [-0.05, 0) is 55.5 Å². The minimum Gasteiger partial charge on any atom is -0.508 e. The van der Waals surface area contributed by atoms with Crippen molar-refractivity contribution >= 4 is 28.7 Å². The highest BCUT2D eigenvalue weighted by Crippen LogP contribution is 2.30. The van der Waals surface area contributed by atoms with Gasteiger partial charge >= 0.3 is 0 Å². The van der Waals surface area contributed by atoms with Crippen LogP contribution < -0.4 is 0 Å². The lowest BCUT2D eigenvalue weighted by molar-refractivity contribution is -0.129. The number of benzene rings is 2. The maximum Gasteiger partial charge on any atom is 0.233 e. The van der Waals surface area contributed by atoms with Crippen LogP contribution >= 0.6 is 11.8 Å². The Kier molecular flexibility index (Phi) is 5.57. The first kappa shape index (κ1) is 18.9. The van der Waals surface area contributed by atoms with E-state index in [1.807, 2.05) is 35.2 Å². The highest BCUT2D eigenvalue weighted by Gasteiger charge is 2.24. The topological polar surface area (TPSA) is 58.4 Å². The molecule has 1 aliphatic rings. The second kappa shape index (κ2) is 8.27. The molecule has 0 saturated carbocycles. The summed E-state index contributed by atoms with van der Waals surface area (Å²) in [5, 5.41) is 10.4. The molecule has 4 rings (SSSR count). The van der Waals surface area contributed by atoms with Gasteiger partial charge < -0.3 is 14.6 Å². The van der Waals surface area contributed by atoms with Crippen molar-refractivity contribution in [3.8, 4) is 5.75 Å². The standard InChI is InChI=1S/C22H25N3O2S/c1-2-25-20-6-4-3-5-19(20)23-22(25)28-15-21(27)24-13-11-17(12-14-24)16-7-9-18(26)10-8-16/h3-10,17,26H,2,11-15H2,1H3. The summed E-state index contributed by atoms with van der Waals surface area (Å²) in [5.74, 6) is 1.37. The largest absolute Gasteiger partial charge is 0.508 e. The summed E-state index contributed by atoms with van der Waals surface area (Å²) in [4.78, 5) is 19.4. The Morgan fingerprint density at radius 3 is 2.57 bits per heavy atom. The molecule has 1 aromatic heterocycles. The molecule has 146 valence electrons. The third kappa shape index (κ3) is 3.87. The number of aromatic hydroxyl groups is 1. The molecule has 1 saturated heterocycles. The SMILES string of the molecule is CCn1c(SCC(=O)N2CCC(c3ccc(O)cc3)CC2)nc2ccccc21. The van der Waals surface area contributed by atoms with E-state index < -0.39 is 0 Å². The van der Waals surface area contributed by atoms with Crippen molar-refractivity contribution < 1.29 is 9.90 Å². The maximum absolute atomic E-state index is 12.7. The lowest BCUT2D eigenvalue weighted by atomic mass is 9.89. The summed E-state index contributed by atoms with van der Waals surface area (Å²) in [6.45, 7) is 4.52. The molecule has 1 aliphatic heterocycles. The molecule has 0 aliphatic carbocycles. The fraction of sp³-hybridized carbons (Fsp3) is 0.364. The molecule has 0 unspecified atom stereocenters. The van der Waals surface area contributed by atoms with Crippen molar-refractivity contribution in [3.63, 3.8) is 0 Å². The van der Waals surface area contributed by atoms with E-state index in [1.165, 1.54) is 17.3 Å². The van der Waals surface area contributed by atoms with Gasteiger partial charge in [0.1, 0.15) is 5.75 Å². The Hall–Kier alpha value is -2.47. The number of hydrogen-bond donors (Lipinski definition) is 1. The highest BCUT2D eigenvalue weighted by molar-refractivity contribution is 7.99. The van der Waals surface area contributed by atoms with Gasteiger partial charge in [0.25, 0.3) is 0 Å². The fourth-order valence-electron chi connectivity index (χ4n) is 3.90. The average molecular weight is 396 g/mol. The van der Waals surface area contributed by atoms with Crippen molar-refractivity contribution in [2.75, 3.05) is 18.8 Å². The molecular weight excluding hydrogens is 370 g/mol. The summed E-state index contributed by atoms with van der Waals surface area (Å²) >= 11 is 1.53. The zero-order chi connectivity index (χ0) is 19.5. The van der Waals surface area contributed by atoms with Crippen molar-refractivity contribution in [1.29, 1.82) is 0 Å². The number of aryl methyl sites for hydroxylation is 1. The number of carbonyl (C=O) groups is 1. The number of fused-ring (bicyclic) bond motifs is 1. The van der Waals surface area contributed by atoms with E-state index in [2.05, 4.69) is 17.6 Å². The summed E-state index contributed by atoms with van der Waals surface area (Å²) in [6.07, 6.45) is 1.93. The molecule has 2 aromatic carbocycles. The van der Waals surface area contributed by atoms with E-state index in [-0.39, 0.29) is 5.91 Å². The molecule has 1 N–H and O–H groups in total. The van der Waals surface area contributed by atoms with Crippen LogP contribution in [0.3, 0.4) is 0 Å². The second-order valence-electron chi connectivity index (χ2n) is 7.16. The number of nitrogens with zero attached hydrogens (tertiary/aromatic N) is 3. The number of piperidine rings is 1. The molecule has 28 heavy (non-hydrogen) atoms. The maximum atomic E-state index is 12.7. The van der Waals surface area contributed by atoms with Gasteiger partial charge in [-0.3, -0.25) is 4.79 Å². The van der Waals surface area contributed by atoms with Gasteiger partial charge in [-0.15, -0.1) is 0 Å². The van der Waals surface area contributed by atoms with Crippen molar-refractivity contribution in [2.45, 2.75) is 37.4 Å². The number of phenolic OH excluding ortho intramolecular Hbond substituents is 1. The number of rotatable bonds is 5. The third-order valence-electron chi connectivity index (χ3n) is 5.47. The van der Waals surface area contributed by atoms with E-state index >= 15 is 0 Å². The normalized spacial score (nSPS) is 15.2. The Balaban J connectivity index is 1.34. The number of thioether (sulfide) groups is 1. The Bertz CT molecular complexity index is 960. The van der Waals surface area contributed by atoms with Gasteiger partial charge in [0, 0.05) is 19.6 Å². The summed E-state index contributed by atoms with van der Waals surface area (Å²) < 4.78 is 2.17. The van der Waals surface area contributed by atoms with Crippen LogP contribution in [0.4, 0.5) is 0 Å². The molecule has 0 spiro atoms. The molecular formula is C22H25N3O2S. The van der Waals surface area contributed by atoms with Crippen LogP contribution in [-0.2, 0) is 11.3 Å². The lowest BCUT2D eigenvalue weighted by Crippen LogP contribution is -2.39. The predicted octanol–water partition coefficient (Wildman–Crippen LogP) is 4.26. The van der Waals surface area contributed by atoms with Gasteiger partial charge in [0.05, 0.1) is 16.8 Å². The minimum absolute atomic E-state index is 0.184. The number of imidazole rings is 1. The molecule has 0 bridgehead atoms. The minimum atomic E-state index is 0.184. The lowest BCUT2D eigenvalue weighted by Gasteiger charge is -2.32. The number of likely N-dealkylation sites (tertiary alicyclic amines) is 1. The first-order valence-corrected chi connectivity index (χ1v) is 10.8. The van der Waals surface area contributed by atoms with Gasteiger partial charge in [0.15, 0.2) is 5.16 Å². The van der Waals surface area contributed by atoms with E-state index in [4.69, 9.17) is 4.98 Å². The highest BCUT2D eigenvalue weighted by atomic mass is 32.2. The Morgan fingerprint density at radius 1 is 1.14 bits per heavy atom. The number of amides is 1. The Morgan fingerprint density at radius 2 is 1.86 bits per heavy atom. The number of aromatic nitrogens is 2. The molecule has 1 fully saturated rings. The van der Waals surface area contributed by atoms with Crippen LogP contribution in [0.15, 0.2) is 53.7 Å². The molecule has 6 heteroatoms. The van der Waals surface area contributed by atoms with E-state index in [0.29, 0.717) is 17.4 Å². The van der Waals surface area contributed by atoms with E-state index in [1.54, 1.807) is 12.1 Å². The van der Waals surface area contributed by atoms with Crippen LogP contribution in [0, 0.1) is 0 Å². The number of carbonyl (C=O) groups excluding carboxylic acids is 1. The van der Waals surface area contributed by atoms with Crippen LogP contribution in [0.2, 0.25) is 0 Å². The number of para-hydroxylation sites is 2. The van der Waals surface area contributed by atoms with Crippen molar-refractivity contribution in [2.24, 2.45) is 0 Å². The Labute approximate surface area is 169 Å². The van der Waals surface area contributed by atoms with E-state index in [0.717, 1.165) is 48.7 Å². The van der Waals surface area contributed by atoms with Gasteiger partial charge in [-0.1, -0.05) is 36.0 Å². The quantitative estimate of drug-likeness (QED) is 0.656. The molecule has 5 nitrogen and oxygen atoms in total. The molecule has 3 aromatic rings. The van der Waals surface area contributed by atoms with Gasteiger partial charge in [0.2, 0.25) is 5.91 Å². The second-order valence-corrected chi connectivity index (χ2v) is 8.11. The van der Waals surface area contributed by atoms with E-state index in [9.17, 15) is 9.90 Å². The first-order valence-electron chi connectivity index (χ1n) is 9.80. The third-order valence-corrected chi connectivity index (χ3v) is 6.43. The first-order chi connectivity index (χ1) is 13.7. The van der Waals surface area contributed by atoms with Crippen molar-refractivity contribution in [1.82, 2.24) is 14.5 Å². The van der Waals surface area contributed by atoms with Gasteiger partial charge in [-0.25, -0.2) is 4.98 Å². The van der Waals surface area contributed by atoms with Crippen LogP contribution in [0.25, 0.3) is 11.0 Å². The smallest absolute Gasteiger partial charge is 0.233 e. The van der Waals surface area contributed by atoms with Crippen LogP contribution in [0.1, 0.15) is 31.2 Å². The van der Waals surface area contributed by atoms with Crippen LogP contribution in [0.5, 0.6) is 5.75 Å². The number of phenols is 1. The zero-order valence-corrected chi connectivity index (χ0v) is 16.9. The summed E-state index contributed by atoms with van der Waals surface area (Å²) in [5.41, 5.74) is 3.35. The molecule has 2 heterocycles. The summed E-state index contributed by atoms with van der Waals surface area (Å²) in [6, 6.07) is 15.6.